The van der Waals surface area contributed by atoms with E-state index in [0.29, 0.717) is 12.3 Å². The van der Waals surface area contributed by atoms with Crippen LogP contribution < -0.4 is 0 Å². The topological polar surface area (TPSA) is 80.6 Å². The van der Waals surface area contributed by atoms with Gasteiger partial charge in [-0.15, -0.1) is 0 Å². The molecule has 17 heavy (non-hydrogen) atoms. The molecule has 1 unspecified atom stereocenters. The van der Waals surface area contributed by atoms with Crippen LogP contribution >= 0.6 is 0 Å². The van der Waals surface area contributed by atoms with E-state index >= 15 is 0 Å². The fourth-order valence-corrected chi connectivity index (χ4v) is 1.63. The zero-order valence-corrected chi connectivity index (χ0v) is 8.91. The van der Waals surface area contributed by atoms with E-state index in [-0.39, 0.29) is 18.5 Å². The Bertz CT molecular complexity index is 504. The molecule has 2 heterocycles. The second-order valence-electron chi connectivity index (χ2n) is 3.99. The van der Waals surface area contributed by atoms with Crippen LogP contribution in [0, 0.1) is 10.1 Å². The van der Waals surface area contributed by atoms with Crippen LogP contribution in [0.2, 0.25) is 0 Å². The van der Waals surface area contributed by atoms with Crippen molar-refractivity contribution < 1.29 is 14.2 Å². The van der Waals surface area contributed by atoms with Crippen molar-refractivity contribution in [1.82, 2.24) is 0 Å². The maximum absolute atomic E-state index is 10.6. The lowest BCUT2D eigenvalue weighted by Gasteiger charge is -1.95. The summed E-state index contributed by atoms with van der Waals surface area (Å²) in [6, 6.07) is 6.45. The highest BCUT2D eigenvalue weighted by Gasteiger charge is 2.56. The quantitative estimate of drug-likeness (QED) is 0.322. The van der Waals surface area contributed by atoms with Crippen molar-refractivity contribution in [2.75, 3.05) is 0 Å². The summed E-state index contributed by atoms with van der Waals surface area (Å²) in [5, 5.41) is 10.6. The van der Waals surface area contributed by atoms with Gasteiger partial charge in [-0.1, -0.05) is 12.1 Å². The Morgan fingerprint density at radius 3 is 3.12 bits per heavy atom. The summed E-state index contributed by atoms with van der Waals surface area (Å²) in [6.45, 7) is 0.425. The minimum absolute atomic E-state index is 0.0219. The first kappa shape index (κ1) is 10.3. The minimum atomic E-state index is -0.412. The first-order valence-electron chi connectivity index (χ1n) is 5.30. The average Bonchev–Trinajstić information content (AvgIpc) is 3.18. The summed E-state index contributed by atoms with van der Waals surface area (Å²) < 4.78 is 10.3. The Morgan fingerprint density at radius 2 is 2.41 bits per heavy atom. The highest BCUT2D eigenvalue weighted by atomic mass is 16.6. The molecular weight excluding hydrogens is 222 g/mol. The zero-order chi connectivity index (χ0) is 11.8. The Labute approximate surface area is 98.2 Å². The van der Waals surface area contributed by atoms with Gasteiger partial charge in [0.2, 0.25) is 0 Å². The molecule has 84 valence electrons. The molecule has 2 saturated heterocycles. The molecule has 1 aromatic rings. The second-order valence-corrected chi connectivity index (χ2v) is 3.99. The molecule has 3 rings (SSSR count). The van der Waals surface area contributed by atoms with Crippen molar-refractivity contribution in [3.8, 4) is 0 Å². The van der Waals surface area contributed by atoms with Crippen LogP contribution in [-0.2, 0) is 15.9 Å². The third-order valence-corrected chi connectivity index (χ3v) is 2.67. The molecule has 0 aliphatic carbocycles. The molecule has 2 fully saturated rings. The number of rotatable bonds is 4. The number of nitrogens with zero attached hydrogens (tertiary/aromatic N) is 2. The van der Waals surface area contributed by atoms with Gasteiger partial charge in [0.25, 0.3) is 13.2 Å². The van der Waals surface area contributed by atoms with Crippen molar-refractivity contribution in [3.05, 3.63) is 39.9 Å². The van der Waals surface area contributed by atoms with Gasteiger partial charge in [-0.05, 0) is 5.56 Å². The van der Waals surface area contributed by atoms with E-state index in [2.05, 4.69) is 4.99 Å². The van der Waals surface area contributed by atoms with Crippen LogP contribution in [0.1, 0.15) is 5.56 Å². The number of nitro groups is 1. The van der Waals surface area contributed by atoms with Gasteiger partial charge < -0.3 is 9.31 Å². The van der Waals surface area contributed by atoms with E-state index in [1.54, 1.807) is 6.07 Å². The van der Waals surface area contributed by atoms with Crippen LogP contribution in [-0.4, -0.2) is 31.0 Å². The van der Waals surface area contributed by atoms with Gasteiger partial charge in [0.15, 0.2) is 5.80 Å². The minimum Gasteiger partial charge on any atom is -0.545 e. The average molecular weight is 230 g/mol. The van der Waals surface area contributed by atoms with Gasteiger partial charge in [0.1, 0.15) is 0 Å². The largest absolute Gasteiger partial charge is 0.545 e. The summed E-state index contributed by atoms with van der Waals surface area (Å²) in [6.07, 6.45) is 0. The van der Waals surface area contributed by atoms with Crippen LogP contribution in [0.5, 0.6) is 0 Å². The molecule has 8 heteroatoms. The molecule has 0 saturated carbocycles. The highest BCUT2D eigenvalue weighted by Crippen LogP contribution is 2.24. The predicted molar refractivity (Wildman–Crippen MR) is 63.1 cm³/mol. The van der Waals surface area contributed by atoms with Crippen molar-refractivity contribution in [2.45, 2.75) is 12.4 Å². The van der Waals surface area contributed by atoms with E-state index in [4.69, 9.17) is 9.31 Å². The standard InChI is InChI=1S/C9H8B2N2O4/c14-13(15)7-3-1-2-6(4-7)5-12-9-11(17-9)8-10-16-8/h1-4,8,10H,5H2/b12-9+. The van der Waals surface area contributed by atoms with E-state index in [0.717, 1.165) is 13.0 Å². The van der Waals surface area contributed by atoms with Gasteiger partial charge in [-0.2, -0.15) is 0 Å². The first-order valence-corrected chi connectivity index (χ1v) is 5.30. The molecule has 0 spiro atoms. The van der Waals surface area contributed by atoms with Gasteiger partial charge >= 0.3 is 6.92 Å². The SMILES string of the molecule is O=[N+]([O-])c1cccc(C/N=C2/OB2C2BO2)c1. The van der Waals surface area contributed by atoms with Gasteiger partial charge in [0.05, 0.1) is 17.4 Å². The smallest absolute Gasteiger partial charge is 0.474 e. The molecule has 1 atom stereocenters. The van der Waals surface area contributed by atoms with Crippen LogP contribution in [0.15, 0.2) is 29.3 Å². The van der Waals surface area contributed by atoms with E-state index in [1.807, 2.05) is 6.07 Å². The summed E-state index contributed by atoms with van der Waals surface area (Å²) in [4.78, 5) is 14.4. The third kappa shape index (κ3) is 2.31. The Kier molecular flexibility index (Phi) is 2.36. The maximum atomic E-state index is 10.6. The van der Waals surface area contributed by atoms with Crippen molar-refractivity contribution >= 4 is 25.9 Å². The summed E-state index contributed by atoms with van der Waals surface area (Å²) in [5.41, 5.74) is 0.888. The van der Waals surface area contributed by atoms with E-state index < -0.39 is 4.92 Å². The lowest BCUT2D eigenvalue weighted by molar-refractivity contribution is -0.384. The van der Waals surface area contributed by atoms with Crippen LogP contribution in [0.25, 0.3) is 0 Å². The van der Waals surface area contributed by atoms with Gasteiger partial charge in [0, 0.05) is 12.1 Å². The third-order valence-electron chi connectivity index (χ3n) is 2.67. The van der Waals surface area contributed by atoms with E-state index in [9.17, 15) is 10.1 Å². The Morgan fingerprint density at radius 1 is 1.59 bits per heavy atom. The molecule has 0 aromatic heterocycles. The monoisotopic (exact) mass is 230 g/mol. The molecule has 0 bridgehead atoms. The fourth-order valence-electron chi connectivity index (χ4n) is 1.63. The Hall–Kier alpha value is -1.82. The fraction of sp³-hybridized carbons (Fsp3) is 0.222. The number of aliphatic imine (C=N–C) groups is 1. The molecule has 2 aliphatic rings. The normalized spacial score (nSPS) is 22.9. The highest BCUT2D eigenvalue weighted by molar-refractivity contribution is 7.04. The molecule has 1 aromatic carbocycles. The second kappa shape index (κ2) is 3.88. The first-order chi connectivity index (χ1) is 8.24. The lowest BCUT2D eigenvalue weighted by Crippen LogP contribution is -2.04. The molecule has 0 amide bonds. The summed E-state index contributed by atoms with van der Waals surface area (Å²) in [5.74, 6) is 0.873. The van der Waals surface area contributed by atoms with E-state index in [1.165, 1.54) is 12.1 Å². The van der Waals surface area contributed by atoms with Crippen LogP contribution in [0.3, 0.4) is 0 Å². The summed E-state index contributed by atoms with van der Waals surface area (Å²) in [7, 11) is 0.737. The summed E-state index contributed by atoms with van der Waals surface area (Å²) >= 11 is 0. The lowest BCUT2D eigenvalue weighted by atomic mass is 9.65. The number of nitro benzene ring substituents is 1. The van der Waals surface area contributed by atoms with Crippen molar-refractivity contribution in [2.24, 2.45) is 4.99 Å². The van der Waals surface area contributed by atoms with Gasteiger partial charge in [-0.3, -0.25) is 15.1 Å². The molecule has 2 aliphatic heterocycles. The molecule has 0 N–H and O–H groups in total. The maximum Gasteiger partial charge on any atom is 0.474 e. The molecule has 6 nitrogen and oxygen atoms in total. The zero-order valence-electron chi connectivity index (χ0n) is 8.91. The van der Waals surface area contributed by atoms with Crippen molar-refractivity contribution in [3.63, 3.8) is 0 Å². The molecule has 0 radical (unpaired) electrons. The Balaban J connectivity index is 1.65. The number of benzene rings is 1. The number of non-ortho nitro benzene ring substituents is 1. The van der Waals surface area contributed by atoms with Gasteiger partial charge in [-0.25, -0.2) is 0 Å². The molecular formula is C9H8B2N2O4. The number of hydrogen-bond acceptors (Lipinski definition) is 5. The van der Waals surface area contributed by atoms with Crippen LogP contribution in [0.4, 0.5) is 5.69 Å². The van der Waals surface area contributed by atoms with Crippen molar-refractivity contribution in [1.29, 1.82) is 0 Å². The predicted octanol–water partition coefficient (Wildman–Crippen LogP) is 0.301. The number of hydrogen-bond donors (Lipinski definition) is 0.